The van der Waals surface area contributed by atoms with Crippen LogP contribution in [0.25, 0.3) is 27.3 Å². The zero-order valence-corrected chi connectivity index (χ0v) is 20.8. The van der Waals surface area contributed by atoms with Crippen molar-refractivity contribution in [3.63, 3.8) is 0 Å². The molecule has 29 heavy (non-hydrogen) atoms. The maximum Gasteiger partial charge on any atom is 0.125 e. The molecule has 4 aromatic rings. The van der Waals surface area contributed by atoms with E-state index in [0.717, 1.165) is 32.4 Å². The van der Waals surface area contributed by atoms with Crippen molar-refractivity contribution >= 4 is 21.6 Å². The van der Waals surface area contributed by atoms with Gasteiger partial charge in [-0.3, -0.25) is 4.98 Å². The molecule has 2 aromatic heterocycles. The number of aromatic nitrogens is 4. The topological polar surface area (TPSA) is 43.6 Å². The molecular weight excluding hydrogens is 557 g/mol. The second-order valence-electron chi connectivity index (χ2n) is 7.83. The fourth-order valence-corrected chi connectivity index (χ4v) is 4.48. The summed E-state index contributed by atoms with van der Waals surface area (Å²) >= 11 is 1.69. The molecule has 153 valence electrons. The molecule has 0 aliphatic carbocycles. The van der Waals surface area contributed by atoms with Gasteiger partial charge < -0.3 is 4.57 Å². The van der Waals surface area contributed by atoms with E-state index in [0.29, 0.717) is 11.8 Å². The summed E-state index contributed by atoms with van der Waals surface area (Å²) < 4.78 is 3.34. The Balaban J connectivity index is 0.00000240. The molecule has 0 aliphatic heterocycles. The number of para-hydroxylation sites is 1. The zero-order chi connectivity index (χ0) is 20.0. The molecular formula is C23H25IrN4S-. The van der Waals surface area contributed by atoms with Crippen molar-refractivity contribution < 1.29 is 20.1 Å². The third-order valence-corrected chi connectivity index (χ3v) is 5.99. The van der Waals surface area contributed by atoms with Crippen LogP contribution in [0.4, 0.5) is 0 Å². The first-order chi connectivity index (χ1) is 13.4. The van der Waals surface area contributed by atoms with Crippen LogP contribution >= 0.6 is 11.3 Å². The van der Waals surface area contributed by atoms with Gasteiger partial charge in [-0.25, -0.2) is 0 Å². The molecule has 0 saturated carbocycles. The number of hydrogen-bond donors (Lipinski definition) is 0. The minimum atomic E-state index is 0. The molecule has 0 saturated heterocycles. The largest absolute Gasteiger partial charge is 0.320 e. The van der Waals surface area contributed by atoms with E-state index in [4.69, 9.17) is 0 Å². The monoisotopic (exact) mass is 582 g/mol. The van der Waals surface area contributed by atoms with Crippen LogP contribution in [0.3, 0.4) is 0 Å². The van der Waals surface area contributed by atoms with E-state index in [9.17, 15) is 0 Å². The number of aryl methyl sites for hydroxylation is 2. The van der Waals surface area contributed by atoms with Gasteiger partial charge in [0, 0.05) is 25.8 Å². The van der Waals surface area contributed by atoms with Gasteiger partial charge in [0.1, 0.15) is 5.82 Å². The van der Waals surface area contributed by atoms with Crippen LogP contribution < -0.4 is 0 Å². The SMILES string of the molecule is Cc1nc2cc(-c3nnc(C)n3-c3c(C(C)C)cccc3C(C)C)[c-]cc2s1.[Ir]. The van der Waals surface area contributed by atoms with Crippen molar-refractivity contribution in [2.75, 3.05) is 0 Å². The molecule has 2 aromatic carbocycles. The number of hydrogen-bond acceptors (Lipinski definition) is 4. The summed E-state index contributed by atoms with van der Waals surface area (Å²) in [6, 6.07) is 14.1. The normalized spacial score (nSPS) is 11.4. The first-order valence-corrected chi connectivity index (χ1v) is 10.5. The van der Waals surface area contributed by atoms with Crippen LogP contribution in [0.15, 0.2) is 30.3 Å². The summed E-state index contributed by atoms with van der Waals surface area (Å²) in [4.78, 5) is 4.64. The Bertz CT molecular complexity index is 1130. The van der Waals surface area contributed by atoms with E-state index in [2.05, 4.69) is 77.8 Å². The average molecular weight is 582 g/mol. The molecule has 0 spiro atoms. The third kappa shape index (κ3) is 3.94. The van der Waals surface area contributed by atoms with Crippen molar-refractivity contribution in [2.45, 2.75) is 53.4 Å². The smallest absolute Gasteiger partial charge is 0.125 e. The quantitative estimate of drug-likeness (QED) is 0.270. The molecule has 2 heterocycles. The molecule has 0 amide bonds. The Labute approximate surface area is 189 Å². The molecule has 6 heteroatoms. The van der Waals surface area contributed by atoms with E-state index in [-0.39, 0.29) is 20.1 Å². The standard InChI is InChI=1S/C23H25N4S.Ir/c1-13(2)18-8-7-9-19(14(3)4)22(18)27-15(5)25-26-23(27)17-10-11-21-20(12-17)24-16(6)28-21;/h7-9,11-14H,1-6H3;/q-1;. The number of thiazole rings is 1. The number of benzene rings is 2. The summed E-state index contributed by atoms with van der Waals surface area (Å²) in [5.41, 5.74) is 5.73. The molecule has 0 bridgehead atoms. The van der Waals surface area contributed by atoms with Crippen molar-refractivity contribution in [2.24, 2.45) is 0 Å². The number of nitrogens with zero attached hydrogens (tertiary/aromatic N) is 4. The van der Waals surface area contributed by atoms with Crippen LogP contribution in [0.5, 0.6) is 0 Å². The van der Waals surface area contributed by atoms with Crippen LogP contribution in [-0.4, -0.2) is 19.7 Å². The molecule has 1 radical (unpaired) electrons. The average Bonchev–Trinajstić information content (AvgIpc) is 3.21. The van der Waals surface area contributed by atoms with Crippen LogP contribution in [-0.2, 0) is 20.1 Å². The molecule has 4 nitrogen and oxygen atoms in total. The first kappa shape index (κ1) is 21.8. The van der Waals surface area contributed by atoms with Gasteiger partial charge in [-0.05, 0) is 47.0 Å². The summed E-state index contributed by atoms with van der Waals surface area (Å²) in [7, 11) is 0. The fraction of sp³-hybridized carbons (Fsp3) is 0.348. The van der Waals surface area contributed by atoms with Crippen molar-refractivity contribution in [1.29, 1.82) is 0 Å². The van der Waals surface area contributed by atoms with Crippen molar-refractivity contribution in [1.82, 2.24) is 19.7 Å². The Morgan fingerprint density at radius 1 is 1.00 bits per heavy atom. The van der Waals surface area contributed by atoms with Gasteiger partial charge in [0.05, 0.1) is 10.8 Å². The minimum absolute atomic E-state index is 0. The van der Waals surface area contributed by atoms with Gasteiger partial charge in [0.15, 0.2) is 0 Å². The van der Waals surface area contributed by atoms with E-state index in [1.54, 1.807) is 11.3 Å². The summed E-state index contributed by atoms with van der Waals surface area (Å²) in [5, 5.41) is 10.0. The van der Waals surface area contributed by atoms with Crippen LogP contribution in [0.2, 0.25) is 0 Å². The van der Waals surface area contributed by atoms with E-state index in [1.165, 1.54) is 16.8 Å². The molecule has 0 fully saturated rings. The Morgan fingerprint density at radius 2 is 1.66 bits per heavy atom. The van der Waals surface area contributed by atoms with E-state index < -0.39 is 0 Å². The summed E-state index contributed by atoms with van der Waals surface area (Å²) in [6.07, 6.45) is 0. The van der Waals surface area contributed by atoms with Gasteiger partial charge in [-0.1, -0.05) is 45.9 Å². The Hall–Kier alpha value is -1.88. The number of fused-ring (bicyclic) bond motifs is 1. The zero-order valence-electron chi connectivity index (χ0n) is 17.6. The molecule has 0 unspecified atom stereocenters. The first-order valence-electron chi connectivity index (χ1n) is 9.71. The molecule has 0 atom stereocenters. The maximum atomic E-state index is 4.64. The van der Waals surface area contributed by atoms with Crippen molar-refractivity contribution in [3.05, 3.63) is 58.4 Å². The van der Waals surface area contributed by atoms with Gasteiger partial charge in [-0.2, -0.15) is 16.4 Å². The van der Waals surface area contributed by atoms with E-state index in [1.807, 2.05) is 19.9 Å². The Morgan fingerprint density at radius 3 is 2.28 bits per heavy atom. The predicted molar refractivity (Wildman–Crippen MR) is 116 cm³/mol. The third-order valence-electron chi connectivity index (χ3n) is 5.06. The summed E-state index contributed by atoms with van der Waals surface area (Å²) in [5.74, 6) is 2.50. The van der Waals surface area contributed by atoms with E-state index >= 15 is 0 Å². The van der Waals surface area contributed by atoms with Crippen molar-refractivity contribution in [3.8, 4) is 17.1 Å². The van der Waals surface area contributed by atoms with Crippen LogP contribution in [0.1, 0.15) is 61.5 Å². The minimum Gasteiger partial charge on any atom is -0.320 e. The fourth-order valence-electron chi connectivity index (χ4n) is 3.69. The van der Waals surface area contributed by atoms with Crippen LogP contribution in [0, 0.1) is 19.9 Å². The second-order valence-corrected chi connectivity index (χ2v) is 9.06. The molecule has 0 N–H and O–H groups in total. The molecule has 4 rings (SSSR count). The van der Waals surface area contributed by atoms with Gasteiger partial charge >= 0.3 is 0 Å². The van der Waals surface area contributed by atoms with Gasteiger partial charge in [0.2, 0.25) is 0 Å². The summed E-state index contributed by atoms with van der Waals surface area (Å²) in [6.45, 7) is 13.0. The van der Waals surface area contributed by atoms with Gasteiger partial charge in [-0.15, -0.1) is 28.9 Å². The van der Waals surface area contributed by atoms with Gasteiger partial charge in [0.25, 0.3) is 0 Å². The second kappa shape index (κ2) is 8.47. The number of rotatable bonds is 4. The predicted octanol–water partition coefficient (Wildman–Crippen LogP) is 6.21. The molecule has 0 aliphatic rings. The Kier molecular flexibility index (Phi) is 6.37. The maximum absolute atomic E-state index is 4.64.